The lowest BCUT2D eigenvalue weighted by Gasteiger charge is -1.98. The van der Waals surface area contributed by atoms with Crippen LogP contribution in [0.5, 0.6) is 0 Å². The summed E-state index contributed by atoms with van der Waals surface area (Å²) in [7, 11) is 0. The normalized spacial score (nSPS) is 8.59. The van der Waals surface area contributed by atoms with Crippen LogP contribution >= 0.6 is 11.6 Å². The topological polar surface area (TPSA) is 78.7 Å². The van der Waals surface area contributed by atoms with Gasteiger partial charge in [0.15, 0.2) is 0 Å². The van der Waals surface area contributed by atoms with Crippen molar-refractivity contribution in [1.29, 1.82) is 0 Å². The van der Waals surface area contributed by atoms with Crippen LogP contribution in [0.25, 0.3) is 0 Å². The van der Waals surface area contributed by atoms with Gasteiger partial charge in [0.2, 0.25) is 0 Å². The molecule has 0 amide bonds. The van der Waals surface area contributed by atoms with Gasteiger partial charge in [0, 0.05) is 11.6 Å². The summed E-state index contributed by atoms with van der Waals surface area (Å²) < 4.78 is 4.55. The maximum atomic E-state index is 10.2. The zero-order chi connectivity index (χ0) is 13.1. The first-order chi connectivity index (χ1) is 8.06. The van der Waals surface area contributed by atoms with E-state index in [1.165, 1.54) is 0 Å². The lowest BCUT2D eigenvalue weighted by molar-refractivity contribution is -0.756. The van der Waals surface area contributed by atoms with E-state index in [1.807, 2.05) is 30.3 Å². The van der Waals surface area contributed by atoms with Crippen LogP contribution in [0.1, 0.15) is 12.5 Å². The highest BCUT2D eigenvalue weighted by molar-refractivity contribution is 6.61. The highest BCUT2D eigenvalue weighted by atomic mass is 35.5. The van der Waals surface area contributed by atoms with Crippen LogP contribution in [-0.2, 0) is 16.2 Å². The Morgan fingerprint density at radius 3 is 2.35 bits per heavy atom. The van der Waals surface area contributed by atoms with E-state index >= 15 is 0 Å². The van der Waals surface area contributed by atoms with Crippen LogP contribution in [0.15, 0.2) is 30.3 Å². The molecule has 0 unspecified atom stereocenters. The average molecular weight is 262 g/mol. The van der Waals surface area contributed by atoms with Crippen molar-refractivity contribution in [1.82, 2.24) is 0 Å². The quantitative estimate of drug-likeness (QED) is 0.473. The van der Waals surface area contributed by atoms with E-state index in [0.29, 0.717) is 0 Å². The van der Waals surface area contributed by atoms with E-state index in [4.69, 9.17) is 11.6 Å². The Kier molecular flexibility index (Phi) is 8.40. The van der Waals surface area contributed by atoms with Crippen molar-refractivity contribution in [3.8, 4) is 0 Å². The Balaban J connectivity index is 0.000000366. The Morgan fingerprint density at radius 2 is 2.00 bits per heavy atom. The summed E-state index contributed by atoms with van der Waals surface area (Å²) in [4.78, 5) is 23.1. The Labute approximate surface area is 103 Å². The molecule has 0 heterocycles. The highest BCUT2D eigenvalue weighted by Gasteiger charge is 1.95. The Bertz CT molecular complexity index is 344. The van der Waals surface area contributed by atoms with Crippen LogP contribution in [0, 0.1) is 10.1 Å². The summed E-state index contributed by atoms with van der Waals surface area (Å²) in [5.74, 6) is 0. The molecule has 0 aliphatic rings. The van der Waals surface area contributed by atoms with E-state index in [1.54, 1.807) is 6.92 Å². The van der Waals surface area contributed by atoms with E-state index in [9.17, 15) is 14.9 Å². The lowest BCUT2D eigenvalue weighted by atomic mass is 10.2. The van der Waals surface area contributed by atoms with Gasteiger partial charge in [-0.1, -0.05) is 30.3 Å². The third-order valence-corrected chi connectivity index (χ3v) is 1.54. The fraction of sp³-hybridized carbons (Fsp3) is 0.300. The second-order valence-electron chi connectivity index (χ2n) is 2.65. The van der Waals surface area contributed by atoms with Gasteiger partial charge in [-0.2, -0.15) is 0 Å². The van der Waals surface area contributed by atoms with Gasteiger partial charge in [0.05, 0.1) is 6.61 Å². The molecule has 0 aliphatic carbocycles. The van der Waals surface area contributed by atoms with Crippen LogP contribution in [0.4, 0.5) is 4.79 Å². The maximum Gasteiger partial charge on any atom is 0.404 e. The van der Waals surface area contributed by atoms with Crippen molar-refractivity contribution in [2.75, 3.05) is 6.61 Å². The van der Waals surface area contributed by atoms with Crippen molar-refractivity contribution in [2.24, 2.45) is 0 Å². The molecular weight excluding hydrogens is 250 g/mol. The molecule has 1 aromatic rings. The monoisotopic (exact) mass is 261 g/mol. The fourth-order valence-electron chi connectivity index (χ4n) is 0.820. The summed E-state index contributed by atoms with van der Waals surface area (Å²) in [5.41, 5.74) is 0.162. The predicted molar refractivity (Wildman–Crippen MR) is 61.1 cm³/mol. The first kappa shape index (κ1) is 15.2. The van der Waals surface area contributed by atoms with Gasteiger partial charge in [0.25, 0.3) is 5.09 Å². The zero-order valence-electron chi connectivity index (χ0n) is 9.17. The first-order valence-corrected chi connectivity index (χ1v) is 5.07. The summed E-state index contributed by atoms with van der Waals surface area (Å²) in [6.45, 7) is 1.93. The summed E-state index contributed by atoms with van der Waals surface area (Å²) in [5, 5.41) is 8.36. The number of nitrogens with zero attached hydrogens (tertiary/aromatic N) is 1. The van der Waals surface area contributed by atoms with Crippen LogP contribution < -0.4 is 0 Å². The van der Waals surface area contributed by atoms with Gasteiger partial charge in [-0.3, -0.25) is 0 Å². The molecule has 0 saturated heterocycles. The van der Waals surface area contributed by atoms with Crippen molar-refractivity contribution >= 4 is 17.0 Å². The SMILES string of the molecule is CCO[N+](=O)[O-].O=C(Cl)OCc1ccccc1. The standard InChI is InChI=1S/C8H7ClO2.C2H5NO3/c9-8(10)11-6-7-4-2-1-3-5-7;1-2-6-3(4)5/h1-5H,6H2;2H2,1H3. The minimum atomic E-state index is -0.819. The van der Waals surface area contributed by atoms with Crippen molar-refractivity contribution in [3.63, 3.8) is 0 Å². The van der Waals surface area contributed by atoms with Gasteiger partial charge < -0.3 is 9.57 Å². The van der Waals surface area contributed by atoms with Gasteiger partial charge in [-0.05, 0) is 12.5 Å². The molecular formula is C10H12ClNO5. The highest BCUT2D eigenvalue weighted by Crippen LogP contribution is 2.01. The number of carbonyl (C=O) groups is 1. The van der Waals surface area contributed by atoms with Gasteiger partial charge >= 0.3 is 5.43 Å². The molecule has 0 fully saturated rings. The molecule has 1 aromatic carbocycles. The number of benzene rings is 1. The van der Waals surface area contributed by atoms with E-state index in [2.05, 4.69) is 9.57 Å². The maximum absolute atomic E-state index is 10.2. The molecule has 17 heavy (non-hydrogen) atoms. The largest absolute Gasteiger partial charge is 0.449 e. The molecule has 0 aliphatic heterocycles. The molecule has 0 radical (unpaired) electrons. The number of halogens is 1. The third kappa shape index (κ3) is 10.5. The van der Waals surface area contributed by atoms with Gasteiger partial charge in [0.1, 0.15) is 6.61 Å². The molecule has 0 bridgehead atoms. The molecule has 1 rings (SSSR count). The predicted octanol–water partition coefficient (Wildman–Crippen LogP) is 2.78. The summed E-state index contributed by atoms with van der Waals surface area (Å²) in [6, 6.07) is 9.36. The molecule has 7 heteroatoms. The second-order valence-corrected chi connectivity index (χ2v) is 2.96. The van der Waals surface area contributed by atoms with E-state index in [-0.39, 0.29) is 13.2 Å². The summed E-state index contributed by atoms with van der Waals surface area (Å²) in [6.07, 6.45) is 0. The van der Waals surface area contributed by atoms with Gasteiger partial charge in [-0.25, -0.2) is 4.79 Å². The van der Waals surface area contributed by atoms with Crippen LogP contribution in [-0.4, -0.2) is 17.1 Å². The number of hydrogen-bond acceptors (Lipinski definition) is 5. The number of hydrogen-bond donors (Lipinski definition) is 0. The minimum absolute atomic E-state index is 0.132. The third-order valence-electron chi connectivity index (χ3n) is 1.43. The molecule has 0 N–H and O–H groups in total. The van der Waals surface area contributed by atoms with Crippen LogP contribution in [0.3, 0.4) is 0 Å². The van der Waals surface area contributed by atoms with Crippen molar-refractivity contribution in [2.45, 2.75) is 13.5 Å². The number of ether oxygens (including phenoxy) is 1. The molecule has 94 valence electrons. The number of carbonyl (C=O) groups excluding carboxylic acids is 1. The van der Waals surface area contributed by atoms with E-state index in [0.717, 1.165) is 5.56 Å². The Hall–Kier alpha value is -1.82. The van der Waals surface area contributed by atoms with Gasteiger partial charge in [-0.15, -0.1) is 10.1 Å². The molecule has 0 atom stereocenters. The Morgan fingerprint density at radius 1 is 1.41 bits per heavy atom. The lowest BCUT2D eigenvalue weighted by Crippen LogP contribution is -1.97. The van der Waals surface area contributed by atoms with E-state index < -0.39 is 10.5 Å². The van der Waals surface area contributed by atoms with Crippen LogP contribution in [0.2, 0.25) is 0 Å². The first-order valence-electron chi connectivity index (χ1n) is 4.69. The second kappa shape index (κ2) is 9.41. The average Bonchev–Trinajstić information content (AvgIpc) is 2.28. The molecule has 0 spiro atoms. The summed E-state index contributed by atoms with van der Waals surface area (Å²) >= 11 is 4.97. The smallest absolute Gasteiger partial charge is 0.404 e. The van der Waals surface area contributed by atoms with Crippen molar-refractivity contribution < 1.29 is 19.5 Å². The molecule has 0 saturated carbocycles. The number of rotatable bonds is 4. The minimum Gasteiger partial charge on any atom is -0.449 e. The van der Waals surface area contributed by atoms with Crippen molar-refractivity contribution in [3.05, 3.63) is 46.0 Å². The fourth-order valence-corrected chi connectivity index (χ4v) is 0.874. The molecule has 0 aromatic heterocycles. The zero-order valence-corrected chi connectivity index (χ0v) is 9.92. The molecule has 6 nitrogen and oxygen atoms in total.